The third-order valence-electron chi connectivity index (χ3n) is 5.50. The lowest BCUT2D eigenvalue weighted by Gasteiger charge is -2.20. The van der Waals surface area contributed by atoms with Crippen molar-refractivity contribution in [3.63, 3.8) is 0 Å². The summed E-state index contributed by atoms with van der Waals surface area (Å²) in [4.78, 5) is 27.3. The smallest absolute Gasteiger partial charge is 0.231 e. The van der Waals surface area contributed by atoms with E-state index in [4.69, 9.17) is 21.1 Å². The summed E-state index contributed by atoms with van der Waals surface area (Å²) in [6, 6.07) is 19.6. The van der Waals surface area contributed by atoms with Gasteiger partial charge in [0.2, 0.25) is 5.78 Å². The molecule has 4 rings (SSSR count). The van der Waals surface area contributed by atoms with Gasteiger partial charge in [0.1, 0.15) is 11.5 Å². The van der Waals surface area contributed by atoms with Gasteiger partial charge in [0, 0.05) is 35.4 Å². The second-order valence-corrected chi connectivity index (χ2v) is 8.02. The Morgan fingerprint density at radius 1 is 1.00 bits per heavy atom. The van der Waals surface area contributed by atoms with Gasteiger partial charge in [-0.3, -0.25) is 9.59 Å². The Kier molecular flexibility index (Phi) is 6.80. The SMILES string of the molecule is CCN(CC)c1ccc(/C=C2\Oc3cc(OCC(=O)c4ccc(Cl)cc4)ccc3C2=O)cc1. The van der Waals surface area contributed by atoms with E-state index >= 15 is 0 Å². The predicted octanol–water partition coefficient (Wildman–Crippen LogP) is 6.06. The summed E-state index contributed by atoms with van der Waals surface area (Å²) >= 11 is 5.86. The molecule has 3 aromatic carbocycles. The normalized spacial score (nSPS) is 13.5. The molecule has 3 aromatic rings. The molecule has 6 heteroatoms. The van der Waals surface area contributed by atoms with Crippen molar-refractivity contribution in [2.75, 3.05) is 24.6 Å². The Morgan fingerprint density at radius 2 is 1.70 bits per heavy atom. The molecule has 1 aliphatic heterocycles. The number of ketones is 2. The second kappa shape index (κ2) is 9.92. The molecule has 1 aliphatic rings. The molecular formula is C27H24ClNO4. The van der Waals surface area contributed by atoms with E-state index in [1.54, 1.807) is 48.5 Å². The zero-order valence-electron chi connectivity index (χ0n) is 18.5. The zero-order valence-corrected chi connectivity index (χ0v) is 19.3. The number of nitrogens with zero attached hydrogens (tertiary/aromatic N) is 1. The van der Waals surface area contributed by atoms with Crippen LogP contribution in [-0.4, -0.2) is 31.3 Å². The summed E-state index contributed by atoms with van der Waals surface area (Å²) in [7, 11) is 0. The van der Waals surface area contributed by atoms with E-state index in [9.17, 15) is 9.59 Å². The van der Waals surface area contributed by atoms with E-state index in [1.807, 2.05) is 24.3 Å². The van der Waals surface area contributed by atoms with Crippen LogP contribution in [0.15, 0.2) is 72.5 Å². The molecule has 0 atom stereocenters. The minimum atomic E-state index is -0.179. The van der Waals surface area contributed by atoms with Gasteiger partial charge in [-0.1, -0.05) is 23.7 Å². The van der Waals surface area contributed by atoms with Crippen LogP contribution in [0.4, 0.5) is 5.69 Å². The molecule has 0 N–H and O–H groups in total. The number of rotatable bonds is 8. The van der Waals surface area contributed by atoms with Crippen LogP contribution in [0.25, 0.3) is 6.08 Å². The third-order valence-corrected chi connectivity index (χ3v) is 5.75. The van der Waals surface area contributed by atoms with Crippen molar-refractivity contribution in [1.82, 2.24) is 0 Å². The molecule has 0 radical (unpaired) electrons. The number of anilines is 1. The molecule has 0 saturated carbocycles. The Labute approximate surface area is 198 Å². The van der Waals surface area contributed by atoms with Crippen molar-refractivity contribution in [2.45, 2.75) is 13.8 Å². The van der Waals surface area contributed by atoms with E-state index in [2.05, 4.69) is 18.7 Å². The summed E-state index contributed by atoms with van der Waals surface area (Å²) in [5.74, 6) is 0.783. The van der Waals surface area contributed by atoms with Crippen molar-refractivity contribution in [3.8, 4) is 11.5 Å². The summed E-state index contributed by atoms with van der Waals surface area (Å²) in [6.07, 6.45) is 1.74. The molecule has 1 heterocycles. The van der Waals surface area contributed by atoms with Crippen molar-refractivity contribution < 1.29 is 19.1 Å². The van der Waals surface area contributed by atoms with E-state index in [0.717, 1.165) is 24.3 Å². The summed E-state index contributed by atoms with van der Waals surface area (Å²) < 4.78 is 11.4. The lowest BCUT2D eigenvalue weighted by Crippen LogP contribution is -2.21. The molecule has 0 spiro atoms. The van der Waals surface area contributed by atoms with Crippen LogP contribution in [0.5, 0.6) is 11.5 Å². The number of allylic oxidation sites excluding steroid dienone is 1. The Bertz CT molecular complexity index is 1200. The number of Topliss-reactive ketones (excluding diaryl/α,β-unsaturated/α-hetero) is 2. The van der Waals surface area contributed by atoms with Gasteiger partial charge in [0.15, 0.2) is 18.1 Å². The van der Waals surface area contributed by atoms with Gasteiger partial charge in [-0.2, -0.15) is 0 Å². The first-order valence-electron chi connectivity index (χ1n) is 10.8. The Morgan fingerprint density at radius 3 is 2.36 bits per heavy atom. The average molecular weight is 462 g/mol. The van der Waals surface area contributed by atoms with Crippen molar-refractivity contribution in [3.05, 3.63) is 94.2 Å². The zero-order chi connectivity index (χ0) is 23.4. The minimum Gasteiger partial charge on any atom is -0.485 e. The maximum atomic E-state index is 12.8. The Hall–Kier alpha value is -3.57. The number of carbonyl (C=O) groups excluding carboxylic acids is 2. The molecule has 33 heavy (non-hydrogen) atoms. The van der Waals surface area contributed by atoms with Gasteiger partial charge >= 0.3 is 0 Å². The van der Waals surface area contributed by atoms with Crippen molar-refractivity contribution in [1.29, 1.82) is 0 Å². The highest BCUT2D eigenvalue weighted by molar-refractivity contribution is 6.30. The topological polar surface area (TPSA) is 55.8 Å². The maximum Gasteiger partial charge on any atom is 0.231 e. The van der Waals surface area contributed by atoms with E-state index in [-0.39, 0.29) is 23.9 Å². The first kappa shape index (κ1) is 22.6. The molecule has 0 aliphatic carbocycles. The highest BCUT2D eigenvalue weighted by atomic mass is 35.5. The fourth-order valence-corrected chi connectivity index (χ4v) is 3.77. The fourth-order valence-electron chi connectivity index (χ4n) is 3.65. The summed E-state index contributed by atoms with van der Waals surface area (Å²) in [5.41, 5.74) is 3.01. The van der Waals surface area contributed by atoms with Gasteiger partial charge < -0.3 is 14.4 Å². The number of ether oxygens (including phenoxy) is 2. The molecule has 0 saturated heterocycles. The van der Waals surface area contributed by atoms with E-state index in [1.165, 1.54) is 0 Å². The molecule has 0 amide bonds. The quantitative estimate of drug-likeness (QED) is 0.301. The molecule has 0 unspecified atom stereocenters. The molecule has 168 valence electrons. The van der Waals surface area contributed by atoms with Gasteiger partial charge in [-0.15, -0.1) is 0 Å². The summed E-state index contributed by atoms with van der Waals surface area (Å²) in [5, 5.41) is 0.566. The van der Waals surface area contributed by atoms with Crippen LogP contribution < -0.4 is 14.4 Å². The predicted molar refractivity (Wildman–Crippen MR) is 131 cm³/mol. The number of halogens is 1. The van der Waals surface area contributed by atoms with Crippen molar-refractivity contribution >= 4 is 34.9 Å². The van der Waals surface area contributed by atoms with Gasteiger partial charge in [-0.05, 0) is 74.0 Å². The average Bonchev–Trinajstić information content (AvgIpc) is 3.14. The lowest BCUT2D eigenvalue weighted by molar-refractivity contribution is 0.0921. The van der Waals surface area contributed by atoms with Crippen LogP contribution in [0, 0.1) is 0 Å². The fraction of sp³-hybridized carbons (Fsp3) is 0.185. The number of hydrogen-bond acceptors (Lipinski definition) is 5. The third kappa shape index (κ3) is 5.10. The number of hydrogen-bond donors (Lipinski definition) is 0. The maximum absolute atomic E-state index is 12.8. The highest BCUT2D eigenvalue weighted by Gasteiger charge is 2.27. The molecule has 0 bridgehead atoms. The standard InChI is InChI=1S/C27H24ClNO4/c1-3-29(4-2)21-11-5-18(6-12-21)15-26-27(31)23-14-13-22(16-25(23)33-26)32-17-24(30)19-7-9-20(28)10-8-19/h5-16H,3-4,17H2,1-2H3/b26-15-. The largest absolute Gasteiger partial charge is 0.485 e. The molecule has 0 aromatic heterocycles. The first-order valence-corrected chi connectivity index (χ1v) is 11.2. The minimum absolute atomic E-state index is 0.129. The highest BCUT2D eigenvalue weighted by Crippen LogP contribution is 2.35. The number of carbonyl (C=O) groups is 2. The van der Waals surface area contributed by atoms with Crippen LogP contribution >= 0.6 is 11.6 Å². The second-order valence-electron chi connectivity index (χ2n) is 7.58. The van der Waals surface area contributed by atoms with Crippen LogP contribution in [0.1, 0.15) is 40.1 Å². The number of fused-ring (bicyclic) bond motifs is 1. The Balaban J connectivity index is 1.44. The van der Waals surface area contributed by atoms with Crippen molar-refractivity contribution in [2.24, 2.45) is 0 Å². The summed E-state index contributed by atoms with van der Waals surface area (Å²) in [6.45, 7) is 5.98. The van der Waals surface area contributed by atoms with Crippen LogP contribution in [0.2, 0.25) is 5.02 Å². The van der Waals surface area contributed by atoms with Crippen LogP contribution in [0.3, 0.4) is 0 Å². The molecule has 0 fully saturated rings. The number of benzene rings is 3. The molecular weight excluding hydrogens is 438 g/mol. The van der Waals surface area contributed by atoms with Gasteiger partial charge in [0.25, 0.3) is 0 Å². The van der Waals surface area contributed by atoms with Gasteiger partial charge in [-0.25, -0.2) is 0 Å². The first-order chi connectivity index (χ1) is 16.0. The van der Waals surface area contributed by atoms with Gasteiger partial charge in [0.05, 0.1) is 5.56 Å². The van der Waals surface area contributed by atoms with Crippen LogP contribution in [-0.2, 0) is 0 Å². The monoisotopic (exact) mass is 461 g/mol. The van der Waals surface area contributed by atoms with E-state index < -0.39 is 0 Å². The lowest BCUT2D eigenvalue weighted by atomic mass is 10.1. The molecule has 5 nitrogen and oxygen atoms in total. The van der Waals surface area contributed by atoms with E-state index in [0.29, 0.717) is 27.6 Å².